The standard InChI is InChI=1S/C24H27N3O/c1-3-24(4-2)16-19-12-8-9-13-20(19)22(21(24)17-25)27-23(28)26-15-14-18-10-6-5-7-11-18/h5-13H,3-4,14-16H2,1-2H3,(H2,26,27,28). The predicted molar refractivity (Wildman–Crippen MR) is 112 cm³/mol. The highest BCUT2D eigenvalue weighted by atomic mass is 16.2. The Balaban J connectivity index is 1.81. The quantitative estimate of drug-likeness (QED) is 0.762. The van der Waals surface area contributed by atoms with Gasteiger partial charge in [0.15, 0.2) is 0 Å². The lowest BCUT2D eigenvalue weighted by molar-refractivity contribution is 0.244. The van der Waals surface area contributed by atoms with Crippen LogP contribution in [0, 0.1) is 16.7 Å². The molecule has 1 aliphatic rings. The first-order valence-electron chi connectivity index (χ1n) is 9.95. The lowest BCUT2D eigenvalue weighted by Gasteiger charge is -2.38. The van der Waals surface area contributed by atoms with Gasteiger partial charge in [0, 0.05) is 17.5 Å². The summed E-state index contributed by atoms with van der Waals surface area (Å²) in [5, 5.41) is 15.9. The lowest BCUT2D eigenvalue weighted by Crippen LogP contribution is -2.39. The number of carbonyl (C=O) groups is 1. The first kappa shape index (κ1) is 19.7. The maximum absolute atomic E-state index is 12.6. The number of nitrogens with zero attached hydrogens (tertiary/aromatic N) is 1. The van der Waals surface area contributed by atoms with Crippen molar-refractivity contribution in [2.45, 2.75) is 39.5 Å². The van der Waals surface area contributed by atoms with Crippen LogP contribution in [0.25, 0.3) is 5.70 Å². The van der Waals surface area contributed by atoms with Gasteiger partial charge < -0.3 is 10.6 Å². The van der Waals surface area contributed by atoms with Crippen LogP contribution >= 0.6 is 0 Å². The summed E-state index contributed by atoms with van der Waals surface area (Å²) in [6, 6.07) is 20.3. The van der Waals surface area contributed by atoms with Crippen LogP contribution in [0.3, 0.4) is 0 Å². The summed E-state index contributed by atoms with van der Waals surface area (Å²) >= 11 is 0. The van der Waals surface area contributed by atoms with Crippen LogP contribution in [0.2, 0.25) is 0 Å². The SMILES string of the molecule is CCC1(CC)Cc2ccccc2C(NC(=O)NCCc2ccccc2)=C1C#N. The molecular weight excluding hydrogens is 346 g/mol. The molecule has 4 heteroatoms. The fourth-order valence-corrected chi connectivity index (χ4v) is 4.05. The first-order valence-corrected chi connectivity index (χ1v) is 9.95. The Morgan fingerprint density at radius 2 is 1.75 bits per heavy atom. The molecule has 2 N–H and O–H groups in total. The molecule has 0 saturated heterocycles. The molecule has 0 fully saturated rings. The van der Waals surface area contributed by atoms with E-state index in [2.05, 4.69) is 36.6 Å². The van der Waals surface area contributed by atoms with Gasteiger partial charge in [0.1, 0.15) is 0 Å². The molecule has 0 heterocycles. The van der Waals surface area contributed by atoms with E-state index < -0.39 is 0 Å². The average Bonchev–Trinajstić information content (AvgIpc) is 2.74. The van der Waals surface area contributed by atoms with Crippen molar-refractivity contribution in [3.05, 3.63) is 76.9 Å². The van der Waals surface area contributed by atoms with E-state index in [0.29, 0.717) is 17.8 Å². The number of urea groups is 1. The van der Waals surface area contributed by atoms with Crippen molar-refractivity contribution >= 4 is 11.7 Å². The van der Waals surface area contributed by atoms with Gasteiger partial charge in [-0.1, -0.05) is 68.4 Å². The highest BCUT2D eigenvalue weighted by Gasteiger charge is 2.39. The van der Waals surface area contributed by atoms with E-state index in [1.54, 1.807) is 0 Å². The normalized spacial score (nSPS) is 14.8. The molecule has 0 spiro atoms. The molecule has 2 aromatic carbocycles. The van der Waals surface area contributed by atoms with E-state index in [9.17, 15) is 10.1 Å². The van der Waals surface area contributed by atoms with Crippen molar-refractivity contribution in [3.8, 4) is 6.07 Å². The van der Waals surface area contributed by atoms with E-state index in [1.807, 2.05) is 48.5 Å². The summed E-state index contributed by atoms with van der Waals surface area (Å²) in [6.45, 7) is 4.78. The number of carbonyl (C=O) groups excluding carboxylic acids is 1. The van der Waals surface area contributed by atoms with Crippen LogP contribution in [0.15, 0.2) is 60.2 Å². The van der Waals surface area contributed by atoms with E-state index in [0.717, 1.165) is 31.2 Å². The van der Waals surface area contributed by atoms with Gasteiger partial charge in [-0.15, -0.1) is 0 Å². The molecule has 28 heavy (non-hydrogen) atoms. The third-order valence-electron chi connectivity index (χ3n) is 5.84. The predicted octanol–water partition coefficient (Wildman–Crippen LogP) is 4.83. The molecule has 0 bridgehead atoms. The number of nitriles is 1. The molecule has 0 aliphatic heterocycles. The number of hydrogen-bond acceptors (Lipinski definition) is 2. The minimum Gasteiger partial charge on any atom is -0.338 e. The van der Waals surface area contributed by atoms with Gasteiger partial charge in [-0.05, 0) is 36.8 Å². The number of fused-ring (bicyclic) bond motifs is 1. The maximum atomic E-state index is 12.6. The van der Waals surface area contributed by atoms with Crippen LogP contribution in [0.5, 0.6) is 0 Å². The van der Waals surface area contributed by atoms with Crippen molar-refractivity contribution < 1.29 is 4.79 Å². The second kappa shape index (κ2) is 8.75. The van der Waals surface area contributed by atoms with Crippen molar-refractivity contribution in [1.82, 2.24) is 10.6 Å². The van der Waals surface area contributed by atoms with E-state index in [4.69, 9.17) is 0 Å². The molecule has 2 aromatic rings. The van der Waals surface area contributed by atoms with Crippen LogP contribution in [-0.4, -0.2) is 12.6 Å². The second-order valence-electron chi connectivity index (χ2n) is 7.30. The summed E-state index contributed by atoms with van der Waals surface area (Å²) in [7, 11) is 0. The Hall–Kier alpha value is -3.06. The molecule has 3 rings (SSSR count). The van der Waals surface area contributed by atoms with Crippen molar-refractivity contribution in [2.75, 3.05) is 6.54 Å². The third kappa shape index (κ3) is 3.94. The topological polar surface area (TPSA) is 64.9 Å². The second-order valence-corrected chi connectivity index (χ2v) is 7.30. The van der Waals surface area contributed by atoms with Gasteiger partial charge in [-0.25, -0.2) is 4.79 Å². The Labute approximate surface area is 167 Å². The first-order chi connectivity index (χ1) is 13.6. The minimum absolute atomic E-state index is 0.226. The molecular formula is C24H27N3O. The molecule has 0 atom stereocenters. The van der Waals surface area contributed by atoms with Crippen molar-refractivity contribution in [3.63, 3.8) is 0 Å². The summed E-state index contributed by atoms with van der Waals surface area (Å²) in [6.07, 6.45) is 3.33. The van der Waals surface area contributed by atoms with Gasteiger partial charge in [0.25, 0.3) is 0 Å². The van der Waals surface area contributed by atoms with E-state index in [1.165, 1.54) is 11.1 Å². The van der Waals surface area contributed by atoms with Crippen LogP contribution in [0.4, 0.5) is 4.79 Å². The van der Waals surface area contributed by atoms with Gasteiger partial charge in [0.2, 0.25) is 0 Å². The summed E-state index contributed by atoms with van der Waals surface area (Å²) < 4.78 is 0. The highest BCUT2D eigenvalue weighted by Crippen LogP contribution is 2.46. The lowest BCUT2D eigenvalue weighted by atomic mass is 9.66. The molecule has 0 aromatic heterocycles. The molecule has 0 unspecified atom stereocenters. The monoisotopic (exact) mass is 373 g/mol. The van der Waals surface area contributed by atoms with E-state index in [-0.39, 0.29) is 11.4 Å². The zero-order valence-electron chi connectivity index (χ0n) is 16.6. The van der Waals surface area contributed by atoms with Crippen LogP contribution < -0.4 is 10.6 Å². The number of amides is 2. The van der Waals surface area contributed by atoms with E-state index >= 15 is 0 Å². The smallest absolute Gasteiger partial charge is 0.319 e. The summed E-state index contributed by atoms with van der Waals surface area (Å²) in [4.78, 5) is 12.6. The molecule has 1 aliphatic carbocycles. The largest absolute Gasteiger partial charge is 0.338 e. The molecule has 4 nitrogen and oxygen atoms in total. The fraction of sp³-hybridized carbons (Fsp3) is 0.333. The van der Waals surface area contributed by atoms with Gasteiger partial charge in [-0.2, -0.15) is 5.26 Å². The minimum atomic E-state index is -0.267. The van der Waals surface area contributed by atoms with Gasteiger partial charge in [0.05, 0.1) is 17.3 Å². The van der Waals surface area contributed by atoms with Crippen LogP contribution in [0.1, 0.15) is 43.4 Å². The van der Waals surface area contributed by atoms with Crippen molar-refractivity contribution in [2.24, 2.45) is 5.41 Å². The zero-order chi connectivity index (χ0) is 20.0. The highest BCUT2D eigenvalue weighted by molar-refractivity contribution is 5.89. The van der Waals surface area contributed by atoms with Crippen molar-refractivity contribution in [1.29, 1.82) is 5.26 Å². The number of allylic oxidation sites excluding steroid dienone is 1. The third-order valence-corrected chi connectivity index (χ3v) is 5.84. The Morgan fingerprint density at radius 3 is 2.43 bits per heavy atom. The number of nitrogens with one attached hydrogen (secondary N) is 2. The Kier molecular flexibility index (Phi) is 6.16. The molecule has 144 valence electrons. The molecule has 0 saturated carbocycles. The zero-order valence-corrected chi connectivity index (χ0v) is 16.6. The number of benzene rings is 2. The van der Waals surface area contributed by atoms with Gasteiger partial charge in [-0.3, -0.25) is 0 Å². The number of hydrogen-bond donors (Lipinski definition) is 2. The van der Waals surface area contributed by atoms with Gasteiger partial charge >= 0.3 is 6.03 Å². The maximum Gasteiger partial charge on any atom is 0.319 e. The Morgan fingerprint density at radius 1 is 1.07 bits per heavy atom. The average molecular weight is 374 g/mol. The van der Waals surface area contributed by atoms with Crippen LogP contribution in [-0.2, 0) is 12.8 Å². The summed E-state index contributed by atoms with van der Waals surface area (Å²) in [5.74, 6) is 0. The molecule has 0 radical (unpaired) electrons. The Bertz CT molecular complexity index is 905. The number of rotatable bonds is 6. The summed E-state index contributed by atoms with van der Waals surface area (Å²) in [5.41, 5.74) is 4.44. The fourth-order valence-electron chi connectivity index (χ4n) is 4.05. The molecule has 2 amide bonds.